The number of nitrogens with zero attached hydrogens (tertiary/aromatic N) is 1. The molecule has 0 bridgehead atoms. The van der Waals surface area contributed by atoms with Gasteiger partial charge in [-0.1, -0.05) is 0 Å². The Bertz CT molecular complexity index is 303. The van der Waals surface area contributed by atoms with Gasteiger partial charge in [0.05, 0.1) is 19.8 Å². The van der Waals surface area contributed by atoms with Crippen molar-refractivity contribution in [3.8, 4) is 0 Å². The fourth-order valence-corrected chi connectivity index (χ4v) is 2.01. The normalized spacial score (nSPS) is 16.0. The monoisotopic (exact) mass is 288 g/mol. The van der Waals surface area contributed by atoms with Crippen LogP contribution in [0.5, 0.6) is 0 Å². The van der Waals surface area contributed by atoms with Crippen LogP contribution in [0.15, 0.2) is 0 Å². The van der Waals surface area contributed by atoms with Crippen LogP contribution >= 0.6 is 0 Å². The molecule has 2 amide bonds. The zero-order chi connectivity index (χ0) is 14.8. The first-order valence-electron chi connectivity index (χ1n) is 6.95. The Balaban J connectivity index is 2.17. The third-order valence-corrected chi connectivity index (χ3v) is 3.10. The fourth-order valence-electron chi connectivity index (χ4n) is 2.01. The molecule has 0 aromatic heterocycles. The maximum absolute atomic E-state index is 11.8. The first-order chi connectivity index (χ1) is 9.67. The average Bonchev–Trinajstić information content (AvgIpc) is 2.44. The van der Waals surface area contributed by atoms with E-state index in [2.05, 4.69) is 5.32 Å². The summed E-state index contributed by atoms with van der Waals surface area (Å²) in [6, 6.07) is 0.0764. The van der Waals surface area contributed by atoms with Gasteiger partial charge in [0.25, 0.3) is 0 Å². The number of ether oxygens (including phenoxy) is 3. The second-order valence-electron chi connectivity index (χ2n) is 4.57. The first-order valence-corrected chi connectivity index (χ1v) is 6.95. The van der Waals surface area contributed by atoms with Crippen molar-refractivity contribution in [1.29, 1.82) is 0 Å². The van der Waals surface area contributed by atoms with Crippen LogP contribution in [0.1, 0.15) is 19.8 Å². The van der Waals surface area contributed by atoms with Gasteiger partial charge in [-0.15, -0.1) is 0 Å². The van der Waals surface area contributed by atoms with E-state index in [9.17, 15) is 9.59 Å². The Labute approximate surface area is 119 Å². The molecule has 1 heterocycles. The molecule has 116 valence electrons. The van der Waals surface area contributed by atoms with Crippen LogP contribution in [0.4, 0.5) is 4.79 Å². The molecule has 0 saturated carbocycles. The number of hydrogen-bond donors (Lipinski definition) is 1. The third-order valence-electron chi connectivity index (χ3n) is 3.10. The minimum atomic E-state index is -0.389. The van der Waals surface area contributed by atoms with Gasteiger partial charge in [0.15, 0.2) is 0 Å². The molecule has 0 aromatic carbocycles. The Morgan fingerprint density at radius 2 is 1.95 bits per heavy atom. The van der Waals surface area contributed by atoms with E-state index in [4.69, 9.17) is 14.2 Å². The maximum Gasteiger partial charge on any atom is 0.407 e. The summed E-state index contributed by atoms with van der Waals surface area (Å²) < 4.78 is 14.9. The standard InChI is InChI=1S/C13H24N2O5/c1-3-20-13(17)14-11-4-6-15(7-5-11)12(16)10-19-9-8-18-2/h11H,3-10H2,1-2H3,(H,14,17). The fraction of sp³-hybridized carbons (Fsp3) is 0.846. The summed E-state index contributed by atoms with van der Waals surface area (Å²) in [4.78, 5) is 24.9. The molecule has 1 N–H and O–H groups in total. The number of methoxy groups -OCH3 is 1. The summed E-state index contributed by atoms with van der Waals surface area (Å²) in [5, 5.41) is 2.79. The highest BCUT2D eigenvalue weighted by molar-refractivity contribution is 5.77. The number of carbonyl (C=O) groups excluding carboxylic acids is 2. The summed E-state index contributed by atoms with van der Waals surface area (Å²) in [5.41, 5.74) is 0. The van der Waals surface area contributed by atoms with Gasteiger partial charge in [0.2, 0.25) is 5.91 Å². The molecule has 7 nitrogen and oxygen atoms in total. The lowest BCUT2D eigenvalue weighted by Gasteiger charge is -2.32. The van der Waals surface area contributed by atoms with E-state index < -0.39 is 0 Å². The number of carbonyl (C=O) groups is 2. The van der Waals surface area contributed by atoms with E-state index in [0.717, 1.165) is 12.8 Å². The number of amides is 2. The average molecular weight is 288 g/mol. The van der Waals surface area contributed by atoms with Crippen LogP contribution in [0.2, 0.25) is 0 Å². The summed E-state index contributed by atoms with van der Waals surface area (Å²) in [5.74, 6) is -0.0179. The van der Waals surface area contributed by atoms with Crippen LogP contribution in [-0.2, 0) is 19.0 Å². The molecular formula is C13H24N2O5. The Morgan fingerprint density at radius 3 is 2.55 bits per heavy atom. The van der Waals surface area contributed by atoms with Crippen LogP contribution in [0.25, 0.3) is 0 Å². The van der Waals surface area contributed by atoms with Crippen LogP contribution in [0.3, 0.4) is 0 Å². The van der Waals surface area contributed by atoms with Crippen molar-refractivity contribution in [2.75, 3.05) is 46.6 Å². The SMILES string of the molecule is CCOC(=O)NC1CCN(C(=O)COCCOC)CC1. The summed E-state index contributed by atoms with van der Waals surface area (Å²) in [6.45, 7) is 4.38. The molecule has 0 aromatic rings. The predicted molar refractivity (Wildman–Crippen MR) is 72.5 cm³/mol. The van der Waals surface area contributed by atoms with E-state index >= 15 is 0 Å². The maximum atomic E-state index is 11.8. The molecular weight excluding hydrogens is 264 g/mol. The molecule has 7 heteroatoms. The largest absolute Gasteiger partial charge is 0.450 e. The molecule has 0 radical (unpaired) electrons. The smallest absolute Gasteiger partial charge is 0.407 e. The lowest BCUT2D eigenvalue weighted by molar-refractivity contribution is -0.137. The lowest BCUT2D eigenvalue weighted by Crippen LogP contribution is -2.47. The molecule has 1 fully saturated rings. The van der Waals surface area contributed by atoms with Crippen LogP contribution in [-0.4, -0.2) is 69.6 Å². The highest BCUT2D eigenvalue weighted by Gasteiger charge is 2.23. The van der Waals surface area contributed by atoms with Crippen molar-refractivity contribution in [2.24, 2.45) is 0 Å². The highest BCUT2D eigenvalue weighted by atomic mass is 16.5. The highest BCUT2D eigenvalue weighted by Crippen LogP contribution is 2.10. The van der Waals surface area contributed by atoms with Crippen LogP contribution in [0, 0.1) is 0 Å². The zero-order valence-electron chi connectivity index (χ0n) is 12.2. The van der Waals surface area contributed by atoms with E-state index in [1.54, 1.807) is 18.9 Å². The Morgan fingerprint density at radius 1 is 1.25 bits per heavy atom. The van der Waals surface area contributed by atoms with Gasteiger partial charge in [-0.3, -0.25) is 4.79 Å². The molecule has 0 atom stereocenters. The van der Waals surface area contributed by atoms with Crippen molar-refractivity contribution < 1.29 is 23.8 Å². The topological polar surface area (TPSA) is 77.1 Å². The summed E-state index contributed by atoms with van der Waals surface area (Å²) >= 11 is 0. The quantitative estimate of drug-likeness (QED) is 0.686. The van der Waals surface area contributed by atoms with Gasteiger partial charge in [-0.05, 0) is 19.8 Å². The third kappa shape index (κ3) is 6.21. The summed E-state index contributed by atoms with van der Waals surface area (Å²) in [6.07, 6.45) is 1.09. The molecule has 0 spiro atoms. The van der Waals surface area contributed by atoms with Gasteiger partial charge < -0.3 is 24.4 Å². The first kappa shape index (κ1) is 16.7. The van der Waals surface area contributed by atoms with Crippen LogP contribution < -0.4 is 5.32 Å². The number of likely N-dealkylation sites (tertiary alicyclic amines) is 1. The minimum Gasteiger partial charge on any atom is -0.450 e. The van der Waals surface area contributed by atoms with Gasteiger partial charge >= 0.3 is 6.09 Å². The van der Waals surface area contributed by atoms with Gasteiger partial charge in [-0.25, -0.2) is 4.79 Å². The molecule has 1 aliphatic heterocycles. The number of nitrogens with one attached hydrogen (secondary N) is 1. The Hall–Kier alpha value is -1.34. The van der Waals surface area contributed by atoms with Gasteiger partial charge in [0, 0.05) is 26.2 Å². The molecule has 1 saturated heterocycles. The molecule has 1 rings (SSSR count). The van der Waals surface area contributed by atoms with Crippen molar-refractivity contribution in [3.05, 3.63) is 0 Å². The lowest BCUT2D eigenvalue weighted by atomic mass is 10.1. The van der Waals surface area contributed by atoms with Crippen molar-refractivity contribution in [1.82, 2.24) is 10.2 Å². The number of hydrogen-bond acceptors (Lipinski definition) is 5. The molecule has 0 unspecified atom stereocenters. The van der Waals surface area contributed by atoms with Crippen molar-refractivity contribution >= 4 is 12.0 Å². The second kappa shape index (κ2) is 9.55. The number of rotatable bonds is 7. The predicted octanol–water partition coefficient (Wildman–Crippen LogP) is 0.387. The van der Waals surface area contributed by atoms with Gasteiger partial charge in [0.1, 0.15) is 6.61 Å². The number of alkyl carbamates (subject to hydrolysis) is 1. The minimum absolute atomic E-state index is 0.0179. The van der Waals surface area contributed by atoms with E-state index in [1.807, 2.05) is 0 Å². The summed E-state index contributed by atoms with van der Waals surface area (Å²) in [7, 11) is 1.59. The van der Waals surface area contributed by atoms with E-state index in [0.29, 0.717) is 32.9 Å². The second-order valence-corrected chi connectivity index (χ2v) is 4.57. The Kier molecular flexibility index (Phi) is 7.98. The van der Waals surface area contributed by atoms with E-state index in [1.165, 1.54) is 0 Å². The van der Waals surface area contributed by atoms with Crippen molar-refractivity contribution in [3.63, 3.8) is 0 Å². The number of piperidine rings is 1. The molecule has 0 aliphatic carbocycles. The zero-order valence-corrected chi connectivity index (χ0v) is 12.2. The van der Waals surface area contributed by atoms with Gasteiger partial charge in [-0.2, -0.15) is 0 Å². The molecule has 1 aliphatic rings. The molecule has 20 heavy (non-hydrogen) atoms. The van der Waals surface area contributed by atoms with E-state index in [-0.39, 0.29) is 24.6 Å². The van der Waals surface area contributed by atoms with Crippen molar-refractivity contribution in [2.45, 2.75) is 25.8 Å².